The van der Waals surface area contributed by atoms with E-state index in [0.717, 1.165) is 35.4 Å². The molecule has 0 saturated heterocycles. The minimum absolute atomic E-state index is 0.122. The molecular formula is C32H26O8. The van der Waals surface area contributed by atoms with Gasteiger partial charge in [0.05, 0.1) is 28.2 Å². The fourth-order valence-corrected chi connectivity index (χ4v) is 7.00. The molecule has 0 radical (unpaired) electrons. The summed E-state index contributed by atoms with van der Waals surface area (Å²) in [6.07, 6.45) is 5.68. The number of allylic oxidation sites excluding steroid dienone is 8. The molecular weight excluding hydrogens is 512 g/mol. The molecule has 0 amide bonds. The lowest BCUT2D eigenvalue weighted by atomic mass is 9.71. The van der Waals surface area contributed by atoms with Crippen LogP contribution in [0.2, 0.25) is 0 Å². The van der Waals surface area contributed by atoms with Gasteiger partial charge in [-0.1, -0.05) is 23.3 Å². The summed E-state index contributed by atoms with van der Waals surface area (Å²) >= 11 is 0. The molecule has 2 aromatic rings. The molecule has 0 bridgehead atoms. The number of ketones is 4. The third kappa shape index (κ3) is 3.13. The SMILES string of the molecule is CC(C)=C[C@@H]1[C@@H]2C(=O)c3c(O)ccc(O)c3C(=O)C2=C2[C@@H]1c1c(O)c3c(c(O)c1[C@H]2C=C(C)C)C(=O)C=CC3=O. The highest BCUT2D eigenvalue weighted by Crippen LogP contribution is 2.66. The molecule has 8 heteroatoms. The summed E-state index contributed by atoms with van der Waals surface area (Å²) in [7, 11) is 0. The van der Waals surface area contributed by atoms with Crippen molar-refractivity contribution in [3.8, 4) is 23.0 Å². The number of hydrogen-bond donors (Lipinski definition) is 4. The first-order valence-electron chi connectivity index (χ1n) is 12.9. The number of rotatable bonds is 2. The molecule has 0 aromatic heterocycles. The molecule has 4 aliphatic rings. The summed E-state index contributed by atoms with van der Waals surface area (Å²) < 4.78 is 0. The van der Waals surface area contributed by atoms with E-state index in [4.69, 9.17) is 0 Å². The Morgan fingerprint density at radius 1 is 0.675 bits per heavy atom. The molecule has 4 N–H and O–H groups in total. The van der Waals surface area contributed by atoms with E-state index < -0.39 is 69.8 Å². The van der Waals surface area contributed by atoms with Crippen molar-refractivity contribution in [2.45, 2.75) is 39.5 Å². The molecule has 0 fully saturated rings. The lowest BCUT2D eigenvalue weighted by Gasteiger charge is -2.29. The first-order valence-corrected chi connectivity index (χ1v) is 12.9. The Bertz CT molecular complexity index is 1760. The van der Waals surface area contributed by atoms with Gasteiger partial charge in [-0.25, -0.2) is 0 Å². The van der Waals surface area contributed by atoms with E-state index in [1.807, 2.05) is 33.8 Å². The smallest absolute Gasteiger partial charge is 0.194 e. The van der Waals surface area contributed by atoms with Crippen molar-refractivity contribution in [2.75, 3.05) is 0 Å². The van der Waals surface area contributed by atoms with Gasteiger partial charge in [0.25, 0.3) is 0 Å². The van der Waals surface area contributed by atoms with Crippen LogP contribution in [-0.2, 0) is 0 Å². The molecule has 2 aromatic carbocycles. The topological polar surface area (TPSA) is 149 Å². The molecule has 0 spiro atoms. The second-order valence-corrected chi connectivity index (χ2v) is 11.3. The summed E-state index contributed by atoms with van der Waals surface area (Å²) in [6.45, 7) is 7.28. The van der Waals surface area contributed by atoms with Crippen LogP contribution in [0.15, 0.2) is 58.7 Å². The van der Waals surface area contributed by atoms with E-state index >= 15 is 0 Å². The van der Waals surface area contributed by atoms with Crippen LogP contribution in [0.5, 0.6) is 23.0 Å². The van der Waals surface area contributed by atoms with Crippen molar-refractivity contribution < 1.29 is 39.6 Å². The van der Waals surface area contributed by atoms with Crippen LogP contribution in [0.3, 0.4) is 0 Å². The van der Waals surface area contributed by atoms with Gasteiger partial charge in [0.2, 0.25) is 0 Å². The monoisotopic (exact) mass is 538 g/mol. The Labute approximate surface area is 229 Å². The van der Waals surface area contributed by atoms with Crippen LogP contribution in [0.25, 0.3) is 0 Å². The van der Waals surface area contributed by atoms with E-state index in [1.165, 1.54) is 0 Å². The van der Waals surface area contributed by atoms with Gasteiger partial charge in [-0.3, -0.25) is 19.2 Å². The van der Waals surface area contributed by atoms with E-state index in [1.54, 1.807) is 6.08 Å². The van der Waals surface area contributed by atoms with Gasteiger partial charge in [-0.05, 0) is 57.6 Å². The van der Waals surface area contributed by atoms with Gasteiger partial charge in [0.15, 0.2) is 23.1 Å². The van der Waals surface area contributed by atoms with Crippen LogP contribution in [0, 0.1) is 11.8 Å². The minimum atomic E-state index is -1.04. The maximum absolute atomic E-state index is 14.1. The van der Waals surface area contributed by atoms with Gasteiger partial charge >= 0.3 is 0 Å². The fourth-order valence-electron chi connectivity index (χ4n) is 7.00. The zero-order valence-corrected chi connectivity index (χ0v) is 22.2. The largest absolute Gasteiger partial charge is 0.507 e. The summed E-state index contributed by atoms with van der Waals surface area (Å²) in [5.41, 5.74) is 1.44. The number of Topliss-reactive ketones (excluding diaryl/α,β-unsaturated/α-hetero) is 2. The number of phenols is 4. The van der Waals surface area contributed by atoms with Gasteiger partial charge < -0.3 is 20.4 Å². The Balaban J connectivity index is 1.77. The van der Waals surface area contributed by atoms with Crippen molar-refractivity contribution >= 4 is 23.1 Å². The number of carbonyl (C=O) groups excluding carboxylic acids is 4. The van der Waals surface area contributed by atoms with Crippen molar-refractivity contribution in [3.05, 3.63) is 92.1 Å². The third-order valence-electron chi connectivity index (χ3n) is 8.27. The molecule has 0 saturated carbocycles. The summed E-state index contributed by atoms with van der Waals surface area (Å²) in [6, 6.07) is 2.31. The van der Waals surface area contributed by atoms with Crippen LogP contribution in [-0.4, -0.2) is 43.6 Å². The molecule has 0 aliphatic heterocycles. The lowest BCUT2D eigenvalue weighted by molar-refractivity contribution is 0.0860. The Morgan fingerprint density at radius 3 is 1.75 bits per heavy atom. The highest BCUT2D eigenvalue weighted by atomic mass is 16.3. The molecule has 4 aliphatic carbocycles. The van der Waals surface area contributed by atoms with Gasteiger partial charge in [0, 0.05) is 34.5 Å². The van der Waals surface area contributed by atoms with E-state index in [2.05, 4.69) is 0 Å². The number of fused-ring (bicyclic) bond motifs is 6. The molecule has 40 heavy (non-hydrogen) atoms. The van der Waals surface area contributed by atoms with Crippen LogP contribution in [0.1, 0.15) is 92.1 Å². The lowest BCUT2D eigenvalue weighted by Crippen LogP contribution is -2.33. The summed E-state index contributed by atoms with van der Waals surface area (Å²) in [5, 5.41) is 44.3. The van der Waals surface area contributed by atoms with Crippen LogP contribution >= 0.6 is 0 Å². The second-order valence-electron chi connectivity index (χ2n) is 11.3. The van der Waals surface area contributed by atoms with Crippen molar-refractivity contribution in [3.63, 3.8) is 0 Å². The van der Waals surface area contributed by atoms with Crippen LogP contribution < -0.4 is 0 Å². The number of benzene rings is 2. The van der Waals surface area contributed by atoms with Crippen molar-refractivity contribution in [1.29, 1.82) is 0 Å². The quantitative estimate of drug-likeness (QED) is 0.302. The first kappa shape index (κ1) is 25.6. The summed E-state index contributed by atoms with van der Waals surface area (Å²) in [4.78, 5) is 53.9. The standard InChI is InChI=1S/C32H26O8/c1-11(2)9-13-19-20(28-21(13)29(37)23-15(33)5-7-17(35)25(23)32(28)40)14(10-12(3)4)22-27(19)31(39)26-18(36)8-6-16(34)24(26)30(22)38/h5-10,13-14,19,21,33,35,38-39H,1-4H3/t13-,14-,19+,21-/m0/s1. The Morgan fingerprint density at radius 2 is 1.20 bits per heavy atom. The van der Waals surface area contributed by atoms with E-state index in [0.29, 0.717) is 5.57 Å². The Hall–Kier alpha value is -4.72. The average molecular weight is 539 g/mol. The van der Waals surface area contributed by atoms with Crippen molar-refractivity contribution in [2.24, 2.45) is 11.8 Å². The van der Waals surface area contributed by atoms with E-state index in [-0.39, 0.29) is 39.0 Å². The third-order valence-corrected chi connectivity index (χ3v) is 8.27. The Kier molecular flexibility index (Phi) is 5.36. The van der Waals surface area contributed by atoms with Gasteiger partial charge in [0.1, 0.15) is 23.0 Å². The van der Waals surface area contributed by atoms with Crippen LogP contribution in [0.4, 0.5) is 0 Å². The average Bonchev–Trinajstić information content (AvgIpc) is 3.37. The summed E-state index contributed by atoms with van der Waals surface area (Å²) in [5.74, 6) is -7.60. The van der Waals surface area contributed by atoms with E-state index in [9.17, 15) is 39.6 Å². The van der Waals surface area contributed by atoms with Gasteiger partial charge in [-0.15, -0.1) is 0 Å². The van der Waals surface area contributed by atoms with Gasteiger partial charge in [-0.2, -0.15) is 0 Å². The highest BCUT2D eigenvalue weighted by molar-refractivity contribution is 6.27. The molecule has 6 rings (SSSR count). The zero-order valence-electron chi connectivity index (χ0n) is 22.2. The predicted molar refractivity (Wildman–Crippen MR) is 144 cm³/mol. The van der Waals surface area contributed by atoms with Crippen molar-refractivity contribution in [1.82, 2.24) is 0 Å². The highest BCUT2D eigenvalue weighted by Gasteiger charge is 2.58. The predicted octanol–water partition coefficient (Wildman–Crippen LogP) is 5.18. The molecule has 0 heterocycles. The molecule has 202 valence electrons. The maximum atomic E-state index is 14.1. The fraction of sp³-hybridized carbons (Fsp3) is 0.250. The number of carbonyl (C=O) groups is 4. The zero-order chi connectivity index (χ0) is 28.9. The molecule has 0 unspecified atom stereocenters. The number of hydrogen-bond acceptors (Lipinski definition) is 8. The maximum Gasteiger partial charge on any atom is 0.194 e. The number of phenolic OH excluding ortho intramolecular Hbond substituents is 4. The first-order chi connectivity index (χ1) is 18.9. The molecule has 8 nitrogen and oxygen atoms in total. The molecule has 4 atom stereocenters. The normalized spacial score (nSPS) is 23.9. The second kappa shape index (κ2) is 8.39. The minimum Gasteiger partial charge on any atom is -0.507 e. The number of aromatic hydroxyl groups is 4.